The lowest BCUT2D eigenvalue weighted by molar-refractivity contribution is 0.606. The van der Waals surface area contributed by atoms with Crippen LogP contribution in [0.15, 0.2) is 34.9 Å². The van der Waals surface area contributed by atoms with Crippen molar-refractivity contribution in [3.05, 3.63) is 46.2 Å². The van der Waals surface area contributed by atoms with Crippen LogP contribution in [0.25, 0.3) is 0 Å². The number of aromatic nitrogens is 3. The van der Waals surface area contributed by atoms with E-state index in [0.29, 0.717) is 0 Å². The summed E-state index contributed by atoms with van der Waals surface area (Å²) in [6.45, 7) is 0. The van der Waals surface area contributed by atoms with Gasteiger partial charge in [0, 0.05) is 11.5 Å². The molecule has 0 aliphatic rings. The van der Waals surface area contributed by atoms with Crippen LogP contribution in [0.4, 0.5) is 0 Å². The summed E-state index contributed by atoms with van der Waals surface area (Å²) in [6.07, 6.45) is 2.48. The van der Waals surface area contributed by atoms with Gasteiger partial charge in [0.1, 0.15) is 0 Å². The van der Waals surface area contributed by atoms with Crippen molar-refractivity contribution < 1.29 is 0 Å². The van der Waals surface area contributed by atoms with E-state index < -0.39 is 0 Å². The van der Waals surface area contributed by atoms with Gasteiger partial charge in [-0.1, -0.05) is 39.3 Å². The molecule has 1 aromatic heterocycles. The number of rotatable bonds is 3. The fraction of sp³-hybridized carbons (Fsp3) is 0.273. The predicted octanol–water partition coefficient (Wildman–Crippen LogP) is 1.82. The zero-order chi connectivity index (χ0) is 11.5. The first-order valence-corrected chi connectivity index (χ1v) is 5.81. The van der Waals surface area contributed by atoms with Crippen molar-refractivity contribution in [1.82, 2.24) is 15.0 Å². The molecule has 1 unspecified atom stereocenters. The standard InChI is InChI=1S/C11H13BrN4/c1-16-11(7-14-15-16)10(13)6-8-4-2-3-5-9(8)12/h2-5,7,10H,6,13H2,1H3. The van der Waals surface area contributed by atoms with E-state index in [9.17, 15) is 0 Å². The molecule has 0 saturated heterocycles. The van der Waals surface area contributed by atoms with Gasteiger partial charge in [-0.3, -0.25) is 4.68 Å². The van der Waals surface area contributed by atoms with E-state index in [1.54, 1.807) is 10.9 Å². The molecule has 1 atom stereocenters. The molecule has 0 fully saturated rings. The molecular weight excluding hydrogens is 268 g/mol. The molecule has 0 aliphatic carbocycles. The van der Waals surface area contributed by atoms with Gasteiger partial charge in [-0.05, 0) is 18.1 Å². The summed E-state index contributed by atoms with van der Waals surface area (Å²) >= 11 is 3.51. The summed E-state index contributed by atoms with van der Waals surface area (Å²) in [6, 6.07) is 8.00. The van der Waals surface area contributed by atoms with Gasteiger partial charge in [0.25, 0.3) is 0 Å². The average Bonchev–Trinajstić information content (AvgIpc) is 2.68. The Hall–Kier alpha value is -1.20. The SMILES string of the molecule is Cn1nncc1C(N)Cc1ccccc1Br. The summed E-state index contributed by atoms with van der Waals surface area (Å²) in [5, 5.41) is 7.70. The molecule has 1 aromatic carbocycles. The molecule has 0 amide bonds. The minimum absolute atomic E-state index is 0.0845. The van der Waals surface area contributed by atoms with E-state index in [1.807, 2.05) is 25.2 Å². The van der Waals surface area contributed by atoms with Gasteiger partial charge < -0.3 is 5.73 Å². The van der Waals surface area contributed by atoms with Crippen LogP contribution >= 0.6 is 15.9 Å². The lowest BCUT2D eigenvalue weighted by Gasteiger charge is -2.12. The first kappa shape index (κ1) is 11.3. The monoisotopic (exact) mass is 280 g/mol. The van der Waals surface area contributed by atoms with Gasteiger partial charge >= 0.3 is 0 Å². The van der Waals surface area contributed by atoms with E-state index in [2.05, 4.69) is 32.3 Å². The minimum Gasteiger partial charge on any atom is -0.322 e. The molecule has 0 radical (unpaired) electrons. The minimum atomic E-state index is -0.0845. The van der Waals surface area contributed by atoms with Gasteiger partial charge in [0.2, 0.25) is 0 Å². The Kier molecular flexibility index (Phi) is 3.36. The molecular formula is C11H13BrN4. The average molecular weight is 281 g/mol. The highest BCUT2D eigenvalue weighted by Crippen LogP contribution is 2.21. The fourth-order valence-electron chi connectivity index (χ4n) is 1.64. The van der Waals surface area contributed by atoms with Crippen LogP contribution in [0.1, 0.15) is 17.3 Å². The maximum absolute atomic E-state index is 6.12. The van der Waals surface area contributed by atoms with Crippen molar-refractivity contribution in [3.8, 4) is 0 Å². The maximum atomic E-state index is 6.12. The first-order valence-electron chi connectivity index (χ1n) is 5.02. The zero-order valence-corrected chi connectivity index (χ0v) is 10.6. The zero-order valence-electron chi connectivity index (χ0n) is 8.97. The molecule has 2 aromatic rings. The molecule has 4 nitrogen and oxygen atoms in total. The van der Waals surface area contributed by atoms with Crippen LogP contribution in [0, 0.1) is 0 Å². The predicted molar refractivity (Wildman–Crippen MR) is 65.8 cm³/mol. The summed E-state index contributed by atoms with van der Waals surface area (Å²) in [7, 11) is 1.85. The Morgan fingerprint density at radius 2 is 2.19 bits per heavy atom. The maximum Gasteiger partial charge on any atom is 0.0754 e. The first-order chi connectivity index (χ1) is 7.68. The van der Waals surface area contributed by atoms with E-state index in [-0.39, 0.29) is 6.04 Å². The highest BCUT2D eigenvalue weighted by molar-refractivity contribution is 9.10. The van der Waals surface area contributed by atoms with Crippen LogP contribution in [-0.4, -0.2) is 15.0 Å². The molecule has 2 N–H and O–H groups in total. The number of halogens is 1. The number of nitrogens with two attached hydrogens (primary N) is 1. The number of hydrogen-bond acceptors (Lipinski definition) is 3. The molecule has 5 heteroatoms. The van der Waals surface area contributed by atoms with E-state index in [4.69, 9.17) is 5.73 Å². The van der Waals surface area contributed by atoms with Crippen LogP contribution in [-0.2, 0) is 13.5 Å². The number of aryl methyl sites for hydroxylation is 1. The second kappa shape index (κ2) is 4.76. The molecule has 2 rings (SSSR count). The van der Waals surface area contributed by atoms with Gasteiger partial charge in [-0.2, -0.15) is 0 Å². The van der Waals surface area contributed by atoms with Crippen LogP contribution in [0.2, 0.25) is 0 Å². The van der Waals surface area contributed by atoms with E-state index in [0.717, 1.165) is 16.6 Å². The summed E-state index contributed by atoms with van der Waals surface area (Å²) < 4.78 is 2.79. The molecule has 0 spiro atoms. The Bertz CT molecular complexity index is 480. The Labute approximate surface area is 103 Å². The summed E-state index contributed by atoms with van der Waals surface area (Å²) in [5.74, 6) is 0. The van der Waals surface area contributed by atoms with Crippen LogP contribution < -0.4 is 5.73 Å². The molecule has 0 bridgehead atoms. The van der Waals surface area contributed by atoms with Gasteiger partial charge in [-0.25, -0.2) is 0 Å². The molecule has 16 heavy (non-hydrogen) atoms. The quantitative estimate of drug-likeness (QED) is 0.933. The van der Waals surface area contributed by atoms with Crippen LogP contribution in [0.5, 0.6) is 0 Å². The molecule has 0 aliphatic heterocycles. The van der Waals surface area contributed by atoms with Crippen molar-refractivity contribution in [3.63, 3.8) is 0 Å². The lowest BCUT2D eigenvalue weighted by atomic mass is 10.0. The van der Waals surface area contributed by atoms with Crippen molar-refractivity contribution >= 4 is 15.9 Å². The van der Waals surface area contributed by atoms with Gasteiger partial charge in [-0.15, -0.1) is 5.10 Å². The summed E-state index contributed by atoms with van der Waals surface area (Å²) in [5.41, 5.74) is 8.25. The Balaban J connectivity index is 2.17. The third kappa shape index (κ3) is 2.31. The van der Waals surface area contributed by atoms with Crippen molar-refractivity contribution in [2.24, 2.45) is 12.8 Å². The highest BCUT2D eigenvalue weighted by atomic mass is 79.9. The third-order valence-corrected chi connectivity index (χ3v) is 3.30. The molecule has 0 saturated carbocycles. The molecule has 1 heterocycles. The Morgan fingerprint density at radius 3 is 2.81 bits per heavy atom. The number of nitrogens with zero attached hydrogens (tertiary/aromatic N) is 3. The summed E-state index contributed by atoms with van der Waals surface area (Å²) in [4.78, 5) is 0. The van der Waals surface area contributed by atoms with E-state index in [1.165, 1.54) is 5.56 Å². The van der Waals surface area contributed by atoms with Crippen molar-refractivity contribution in [1.29, 1.82) is 0 Å². The van der Waals surface area contributed by atoms with Crippen molar-refractivity contribution in [2.75, 3.05) is 0 Å². The molecule has 84 valence electrons. The number of hydrogen-bond donors (Lipinski definition) is 1. The second-order valence-electron chi connectivity index (χ2n) is 3.68. The second-order valence-corrected chi connectivity index (χ2v) is 4.54. The van der Waals surface area contributed by atoms with Crippen molar-refractivity contribution in [2.45, 2.75) is 12.5 Å². The number of benzene rings is 1. The third-order valence-electron chi connectivity index (χ3n) is 2.53. The highest BCUT2D eigenvalue weighted by Gasteiger charge is 2.12. The normalized spacial score (nSPS) is 12.7. The fourth-order valence-corrected chi connectivity index (χ4v) is 2.09. The van der Waals surface area contributed by atoms with Gasteiger partial charge in [0.05, 0.1) is 17.9 Å². The van der Waals surface area contributed by atoms with Crippen LogP contribution in [0.3, 0.4) is 0 Å². The topological polar surface area (TPSA) is 56.7 Å². The lowest BCUT2D eigenvalue weighted by Crippen LogP contribution is -2.17. The Morgan fingerprint density at radius 1 is 1.44 bits per heavy atom. The van der Waals surface area contributed by atoms with Gasteiger partial charge in [0.15, 0.2) is 0 Å². The van der Waals surface area contributed by atoms with E-state index >= 15 is 0 Å². The smallest absolute Gasteiger partial charge is 0.0754 e. The largest absolute Gasteiger partial charge is 0.322 e.